The molecule has 1 amide bonds. The van der Waals surface area contributed by atoms with Crippen molar-refractivity contribution in [3.63, 3.8) is 0 Å². The van der Waals surface area contributed by atoms with Crippen LogP contribution in [0.25, 0.3) is 0 Å². The fourth-order valence-corrected chi connectivity index (χ4v) is 1.73. The van der Waals surface area contributed by atoms with Gasteiger partial charge in [-0.05, 0) is 12.1 Å². The summed E-state index contributed by atoms with van der Waals surface area (Å²) < 4.78 is 0. The third kappa shape index (κ3) is 2.86. The van der Waals surface area contributed by atoms with E-state index >= 15 is 0 Å². The monoisotopic (exact) mass is 258 g/mol. The summed E-state index contributed by atoms with van der Waals surface area (Å²) in [5.74, 6) is -0.299. The van der Waals surface area contributed by atoms with Crippen molar-refractivity contribution in [1.82, 2.24) is 9.97 Å². The third-order valence-electron chi connectivity index (χ3n) is 2.60. The first-order chi connectivity index (χ1) is 9.24. The first kappa shape index (κ1) is 13.0. The molecule has 19 heavy (non-hydrogen) atoms. The molecule has 0 fully saturated rings. The van der Waals surface area contributed by atoms with Gasteiger partial charge in [-0.15, -0.1) is 0 Å². The van der Waals surface area contributed by atoms with Gasteiger partial charge in [0.1, 0.15) is 6.33 Å². The fraction of sp³-hybridized carbons (Fsp3) is 0.154. The molecule has 1 aromatic carbocycles. The molecule has 0 atom stereocenters. The zero-order valence-electron chi connectivity index (χ0n) is 10.2. The molecule has 0 aliphatic heterocycles. The van der Waals surface area contributed by atoms with E-state index in [0.29, 0.717) is 16.9 Å². The predicted octanol–water partition coefficient (Wildman–Crippen LogP) is 0.698. The number of aliphatic hydroxyl groups excluding tert-OH is 1. The van der Waals surface area contributed by atoms with Gasteiger partial charge in [-0.25, -0.2) is 9.97 Å². The highest BCUT2D eigenvalue weighted by atomic mass is 16.3. The lowest BCUT2D eigenvalue weighted by atomic mass is 10.2. The molecule has 0 bridgehead atoms. The quantitative estimate of drug-likeness (QED) is 0.787. The summed E-state index contributed by atoms with van der Waals surface area (Å²) in [6.45, 7) is -0.00426. The van der Waals surface area contributed by atoms with E-state index in [1.165, 1.54) is 23.6 Å². The molecule has 0 spiro atoms. The van der Waals surface area contributed by atoms with Gasteiger partial charge in [0, 0.05) is 18.9 Å². The van der Waals surface area contributed by atoms with Gasteiger partial charge in [0.2, 0.25) is 0 Å². The summed E-state index contributed by atoms with van der Waals surface area (Å²) in [6, 6.07) is 7.00. The van der Waals surface area contributed by atoms with Gasteiger partial charge in [-0.2, -0.15) is 0 Å². The number of hydrogen-bond donors (Lipinski definition) is 2. The van der Waals surface area contributed by atoms with E-state index in [0.717, 1.165) is 0 Å². The van der Waals surface area contributed by atoms with Crippen LogP contribution in [-0.2, 0) is 0 Å². The number of nitrogen functional groups attached to an aromatic ring is 1. The van der Waals surface area contributed by atoms with Gasteiger partial charge < -0.3 is 15.7 Å². The van der Waals surface area contributed by atoms with Crippen LogP contribution < -0.4 is 10.6 Å². The number of aliphatic hydroxyl groups is 1. The highest BCUT2D eigenvalue weighted by Gasteiger charge is 2.19. The maximum atomic E-state index is 12.4. The molecule has 0 radical (unpaired) electrons. The Hall–Kier alpha value is -2.47. The van der Waals surface area contributed by atoms with Crippen LogP contribution in [0.5, 0.6) is 0 Å². The van der Waals surface area contributed by atoms with Crippen molar-refractivity contribution in [2.24, 2.45) is 0 Å². The average Bonchev–Trinajstić information content (AvgIpc) is 2.46. The second-order valence-corrected chi connectivity index (χ2v) is 3.87. The van der Waals surface area contributed by atoms with Gasteiger partial charge in [-0.1, -0.05) is 12.1 Å². The summed E-state index contributed by atoms with van der Waals surface area (Å²) >= 11 is 0. The predicted molar refractivity (Wildman–Crippen MR) is 71.6 cm³/mol. The number of carbonyl (C=O) groups excluding carboxylic acids is 1. The molecule has 98 valence electrons. The van der Waals surface area contributed by atoms with Crippen molar-refractivity contribution >= 4 is 17.3 Å². The van der Waals surface area contributed by atoms with Gasteiger partial charge in [0.25, 0.3) is 5.91 Å². The normalized spacial score (nSPS) is 10.2. The van der Waals surface area contributed by atoms with E-state index < -0.39 is 0 Å². The van der Waals surface area contributed by atoms with Crippen LogP contribution in [0.1, 0.15) is 10.4 Å². The van der Waals surface area contributed by atoms with Crippen molar-refractivity contribution in [2.75, 3.05) is 23.8 Å². The number of anilines is 2. The van der Waals surface area contributed by atoms with E-state index in [1.54, 1.807) is 24.3 Å². The number of nitrogens with two attached hydrogens (primary N) is 1. The minimum absolute atomic E-state index is 0.155. The molecule has 2 rings (SSSR count). The van der Waals surface area contributed by atoms with Crippen molar-refractivity contribution in [1.29, 1.82) is 0 Å². The zero-order valence-corrected chi connectivity index (χ0v) is 10.2. The first-order valence-electron chi connectivity index (χ1n) is 5.76. The van der Waals surface area contributed by atoms with Crippen LogP contribution >= 0.6 is 0 Å². The number of para-hydroxylation sites is 2. The second-order valence-electron chi connectivity index (χ2n) is 3.87. The van der Waals surface area contributed by atoms with Gasteiger partial charge in [0.15, 0.2) is 0 Å². The molecule has 2 aromatic rings. The molecule has 0 aliphatic rings. The van der Waals surface area contributed by atoms with Crippen LogP contribution in [-0.4, -0.2) is 34.1 Å². The molecule has 1 heterocycles. The summed E-state index contributed by atoms with van der Waals surface area (Å²) in [4.78, 5) is 21.4. The van der Waals surface area contributed by atoms with Crippen molar-refractivity contribution < 1.29 is 9.90 Å². The fourth-order valence-electron chi connectivity index (χ4n) is 1.73. The Bertz CT molecular complexity index is 560. The van der Waals surface area contributed by atoms with Gasteiger partial charge in [0.05, 0.1) is 23.5 Å². The number of rotatable bonds is 4. The lowest BCUT2D eigenvalue weighted by Crippen LogP contribution is -2.34. The van der Waals surface area contributed by atoms with Gasteiger partial charge in [-0.3, -0.25) is 4.79 Å². The molecule has 1 aromatic heterocycles. The summed E-state index contributed by atoms with van der Waals surface area (Å²) in [5.41, 5.74) is 7.24. The van der Waals surface area contributed by atoms with Gasteiger partial charge >= 0.3 is 0 Å². The summed E-state index contributed by atoms with van der Waals surface area (Å²) in [7, 11) is 0. The van der Waals surface area contributed by atoms with Crippen LogP contribution in [0.2, 0.25) is 0 Å². The topological polar surface area (TPSA) is 92.3 Å². The molecule has 6 heteroatoms. The van der Waals surface area contributed by atoms with E-state index in [4.69, 9.17) is 10.8 Å². The van der Waals surface area contributed by atoms with Crippen LogP contribution in [0.15, 0.2) is 43.0 Å². The number of benzene rings is 1. The lowest BCUT2D eigenvalue weighted by molar-refractivity contribution is 0.0980. The Kier molecular flexibility index (Phi) is 4.04. The largest absolute Gasteiger partial charge is 0.397 e. The Balaban J connectivity index is 2.36. The maximum Gasteiger partial charge on any atom is 0.261 e. The van der Waals surface area contributed by atoms with E-state index in [-0.39, 0.29) is 19.1 Å². The molecular weight excluding hydrogens is 244 g/mol. The van der Waals surface area contributed by atoms with Crippen LogP contribution in [0.3, 0.4) is 0 Å². The SMILES string of the molecule is Nc1ccccc1N(CCO)C(=O)c1cncnc1. The maximum absolute atomic E-state index is 12.4. The molecule has 0 saturated carbocycles. The van der Waals surface area contributed by atoms with E-state index in [9.17, 15) is 4.79 Å². The smallest absolute Gasteiger partial charge is 0.261 e. The molecule has 0 saturated heterocycles. The summed E-state index contributed by atoms with van der Waals surface area (Å²) in [5, 5.41) is 9.12. The Morgan fingerprint density at radius 3 is 2.58 bits per heavy atom. The van der Waals surface area contributed by atoms with Crippen LogP contribution in [0.4, 0.5) is 11.4 Å². The van der Waals surface area contributed by atoms with Crippen molar-refractivity contribution in [3.05, 3.63) is 48.5 Å². The minimum atomic E-state index is -0.299. The first-order valence-corrected chi connectivity index (χ1v) is 5.76. The number of hydrogen-bond acceptors (Lipinski definition) is 5. The standard InChI is InChI=1S/C13H14N4O2/c14-11-3-1-2-4-12(11)17(5-6-18)13(19)10-7-15-9-16-8-10/h1-4,7-9,18H,5-6,14H2. The lowest BCUT2D eigenvalue weighted by Gasteiger charge is -2.23. The molecule has 0 aliphatic carbocycles. The number of nitrogens with zero attached hydrogens (tertiary/aromatic N) is 3. The highest BCUT2D eigenvalue weighted by Crippen LogP contribution is 2.23. The average molecular weight is 258 g/mol. The second kappa shape index (κ2) is 5.92. The zero-order chi connectivity index (χ0) is 13.7. The Labute approximate surface area is 110 Å². The van der Waals surface area contributed by atoms with E-state index in [2.05, 4.69) is 9.97 Å². The highest BCUT2D eigenvalue weighted by molar-refractivity contribution is 6.07. The number of amides is 1. The molecular formula is C13H14N4O2. The minimum Gasteiger partial charge on any atom is -0.397 e. The van der Waals surface area contributed by atoms with E-state index in [1.807, 2.05) is 0 Å². The van der Waals surface area contributed by atoms with Crippen LogP contribution in [0, 0.1) is 0 Å². The summed E-state index contributed by atoms with van der Waals surface area (Å²) in [6.07, 6.45) is 4.21. The van der Waals surface area contributed by atoms with Crippen molar-refractivity contribution in [2.45, 2.75) is 0 Å². The Morgan fingerprint density at radius 1 is 1.26 bits per heavy atom. The van der Waals surface area contributed by atoms with Crippen molar-refractivity contribution in [3.8, 4) is 0 Å². The third-order valence-corrected chi connectivity index (χ3v) is 2.60. The molecule has 0 unspecified atom stereocenters. The Morgan fingerprint density at radius 2 is 1.95 bits per heavy atom. The number of carbonyl (C=O) groups is 1. The molecule has 3 N–H and O–H groups in total. The molecule has 6 nitrogen and oxygen atoms in total. The number of aromatic nitrogens is 2.